The van der Waals surface area contributed by atoms with Crippen molar-refractivity contribution < 1.29 is 13.9 Å². The van der Waals surface area contributed by atoms with E-state index in [9.17, 15) is 4.79 Å². The van der Waals surface area contributed by atoms with Crippen molar-refractivity contribution in [3.63, 3.8) is 0 Å². The molecule has 29 heavy (non-hydrogen) atoms. The van der Waals surface area contributed by atoms with Crippen molar-refractivity contribution in [3.05, 3.63) is 90.1 Å². The molecule has 1 fully saturated rings. The van der Waals surface area contributed by atoms with E-state index in [2.05, 4.69) is 9.88 Å². The molecule has 0 aliphatic carbocycles. The predicted molar refractivity (Wildman–Crippen MR) is 109 cm³/mol. The smallest absolute Gasteiger partial charge is 0.237 e. The third kappa shape index (κ3) is 5.53. The van der Waals surface area contributed by atoms with Gasteiger partial charge in [0.1, 0.15) is 0 Å². The molecule has 3 heterocycles. The largest absolute Gasteiger partial charge is 0.472 e. The number of furan rings is 1. The second kappa shape index (κ2) is 9.49. The first-order valence-electron chi connectivity index (χ1n) is 9.83. The molecule has 1 aromatic carbocycles. The van der Waals surface area contributed by atoms with Crippen LogP contribution in [0.3, 0.4) is 0 Å². The first-order chi connectivity index (χ1) is 14.3. The summed E-state index contributed by atoms with van der Waals surface area (Å²) in [5.41, 5.74) is 3.06. The van der Waals surface area contributed by atoms with Crippen LogP contribution in [0, 0.1) is 0 Å². The average Bonchev–Trinajstić information content (AvgIpc) is 3.20. The summed E-state index contributed by atoms with van der Waals surface area (Å²) in [4.78, 5) is 21.3. The number of pyridine rings is 1. The standard InChI is InChI=1S/C23H25N3O3/c27-23-16-25(12-20-9-11-28-17-20)14-22(29-18-21-8-4-5-10-24-21)15-26(23)13-19-6-2-1-3-7-19/h1-11,17,22H,12-16,18H2/t22-/m1/s1. The van der Waals surface area contributed by atoms with Crippen molar-refractivity contribution >= 4 is 5.91 Å². The molecule has 0 spiro atoms. The van der Waals surface area contributed by atoms with Crippen molar-refractivity contribution in [2.75, 3.05) is 19.6 Å². The highest BCUT2D eigenvalue weighted by atomic mass is 16.5. The van der Waals surface area contributed by atoms with Crippen molar-refractivity contribution in [2.24, 2.45) is 0 Å². The van der Waals surface area contributed by atoms with Gasteiger partial charge in [-0.1, -0.05) is 36.4 Å². The van der Waals surface area contributed by atoms with Gasteiger partial charge in [-0.15, -0.1) is 0 Å². The first kappa shape index (κ1) is 19.4. The SMILES string of the molecule is O=C1CN(Cc2ccoc2)C[C@@H](OCc2ccccn2)CN1Cc1ccccc1. The van der Waals surface area contributed by atoms with Crippen LogP contribution in [0.2, 0.25) is 0 Å². The van der Waals surface area contributed by atoms with Crippen LogP contribution in [0.15, 0.2) is 77.7 Å². The van der Waals surface area contributed by atoms with E-state index in [1.165, 1.54) is 0 Å². The van der Waals surface area contributed by atoms with E-state index in [-0.39, 0.29) is 12.0 Å². The summed E-state index contributed by atoms with van der Waals surface area (Å²) in [6.45, 7) is 3.27. The fraction of sp³-hybridized carbons (Fsp3) is 0.304. The Morgan fingerprint density at radius 2 is 1.86 bits per heavy atom. The third-order valence-corrected chi connectivity index (χ3v) is 4.99. The Bertz CT molecular complexity index is 884. The summed E-state index contributed by atoms with van der Waals surface area (Å²) in [6.07, 6.45) is 5.05. The van der Waals surface area contributed by atoms with Crippen LogP contribution < -0.4 is 0 Å². The molecule has 1 aliphatic rings. The van der Waals surface area contributed by atoms with Crippen LogP contribution in [0.5, 0.6) is 0 Å². The van der Waals surface area contributed by atoms with E-state index in [1.54, 1.807) is 18.7 Å². The number of nitrogens with zero attached hydrogens (tertiary/aromatic N) is 3. The topological polar surface area (TPSA) is 58.8 Å². The maximum Gasteiger partial charge on any atom is 0.237 e. The Balaban J connectivity index is 1.47. The quantitative estimate of drug-likeness (QED) is 0.619. The van der Waals surface area contributed by atoms with Crippen molar-refractivity contribution in [3.8, 4) is 0 Å². The summed E-state index contributed by atoms with van der Waals surface area (Å²) in [5, 5.41) is 0. The Morgan fingerprint density at radius 1 is 1.00 bits per heavy atom. The summed E-state index contributed by atoms with van der Waals surface area (Å²) in [5.74, 6) is 0.112. The minimum Gasteiger partial charge on any atom is -0.472 e. The number of amides is 1. The van der Waals surface area contributed by atoms with Gasteiger partial charge in [0.25, 0.3) is 0 Å². The molecule has 0 bridgehead atoms. The maximum atomic E-state index is 13.0. The normalized spacial score (nSPS) is 18.0. The lowest BCUT2D eigenvalue weighted by molar-refractivity contribution is -0.132. The molecule has 1 atom stereocenters. The molecular weight excluding hydrogens is 366 g/mol. The van der Waals surface area contributed by atoms with E-state index in [0.717, 1.165) is 16.8 Å². The van der Waals surface area contributed by atoms with Gasteiger partial charge in [0.2, 0.25) is 5.91 Å². The van der Waals surface area contributed by atoms with E-state index in [4.69, 9.17) is 9.15 Å². The fourth-order valence-corrected chi connectivity index (χ4v) is 3.56. The maximum absolute atomic E-state index is 13.0. The Labute approximate surface area is 170 Å². The van der Waals surface area contributed by atoms with Crippen LogP contribution in [0.25, 0.3) is 0 Å². The Kier molecular flexibility index (Phi) is 6.34. The predicted octanol–water partition coefficient (Wildman–Crippen LogP) is 3.10. The van der Waals surface area contributed by atoms with Gasteiger partial charge in [-0.25, -0.2) is 0 Å². The highest BCUT2D eigenvalue weighted by molar-refractivity contribution is 5.78. The van der Waals surface area contributed by atoms with Gasteiger partial charge in [-0.05, 0) is 23.8 Å². The molecule has 2 aromatic heterocycles. The third-order valence-electron chi connectivity index (χ3n) is 4.99. The molecule has 0 unspecified atom stereocenters. The average molecular weight is 391 g/mol. The number of hydrogen-bond acceptors (Lipinski definition) is 5. The van der Waals surface area contributed by atoms with Crippen LogP contribution >= 0.6 is 0 Å². The van der Waals surface area contributed by atoms with E-state index < -0.39 is 0 Å². The molecule has 1 amide bonds. The van der Waals surface area contributed by atoms with E-state index in [1.807, 2.05) is 59.5 Å². The van der Waals surface area contributed by atoms with Crippen LogP contribution in [0.4, 0.5) is 0 Å². The summed E-state index contributed by atoms with van der Waals surface area (Å²) in [6, 6.07) is 17.8. The van der Waals surface area contributed by atoms with E-state index >= 15 is 0 Å². The van der Waals surface area contributed by atoms with Gasteiger partial charge in [0.05, 0.1) is 37.5 Å². The molecule has 6 nitrogen and oxygen atoms in total. The van der Waals surface area contributed by atoms with Gasteiger partial charge in [-0.2, -0.15) is 0 Å². The van der Waals surface area contributed by atoms with Crippen molar-refractivity contribution in [2.45, 2.75) is 25.8 Å². The molecular formula is C23H25N3O3. The van der Waals surface area contributed by atoms with Crippen LogP contribution in [-0.2, 0) is 29.2 Å². The molecule has 1 saturated heterocycles. The number of aromatic nitrogens is 1. The molecule has 6 heteroatoms. The second-order valence-electron chi connectivity index (χ2n) is 7.32. The zero-order chi connectivity index (χ0) is 19.9. The number of ether oxygens (including phenoxy) is 1. The number of carbonyl (C=O) groups is 1. The molecule has 0 saturated carbocycles. The molecule has 0 radical (unpaired) electrons. The second-order valence-corrected chi connectivity index (χ2v) is 7.32. The minimum absolute atomic E-state index is 0.0981. The minimum atomic E-state index is -0.0981. The number of benzene rings is 1. The zero-order valence-corrected chi connectivity index (χ0v) is 16.3. The zero-order valence-electron chi connectivity index (χ0n) is 16.3. The van der Waals surface area contributed by atoms with Crippen molar-refractivity contribution in [1.29, 1.82) is 0 Å². The number of carbonyl (C=O) groups excluding carboxylic acids is 1. The lowest BCUT2D eigenvalue weighted by Gasteiger charge is -2.25. The molecule has 1 aliphatic heterocycles. The fourth-order valence-electron chi connectivity index (χ4n) is 3.56. The van der Waals surface area contributed by atoms with Gasteiger partial charge in [0.15, 0.2) is 0 Å². The highest BCUT2D eigenvalue weighted by Gasteiger charge is 2.28. The lowest BCUT2D eigenvalue weighted by atomic mass is 10.2. The monoisotopic (exact) mass is 391 g/mol. The summed E-state index contributed by atoms with van der Waals surface area (Å²) in [7, 11) is 0. The summed E-state index contributed by atoms with van der Waals surface area (Å²) < 4.78 is 11.4. The first-order valence-corrected chi connectivity index (χ1v) is 9.83. The van der Waals surface area contributed by atoms with E-state index in [0.29, 0.717) is 39.3 Å². The van der Waals surface area contributed by atoms with Gasteiger partial charge in [0, 0.05) is 37.9 Å². The Morgan fingerprint density at radius 3 is 2.62 bits per heavy atom. The molecule has 150 valence electrons. The van der Waals surface area contributed by atoms with Gasteiger partial charge >= 0.3 is 0 Å². The van der Waals surface area contributed by atoms with Crippen LogP contribution in [-0.4, -0.2) is 46.4 Å². The molecule has 3 aromatic rings. The van der Waals surface area contributed by atoms with Gasteiger partial charge < -0.3 is 14.1 Å². The molecule has 4 rings (SSSR count). The number of rotatable bonds is 7. The van der Waals surface area contributed by atoms with Crippen molar-refractivity contribution in [1.82, 2.24) is 14.8 Å². The lowest BCUT2D eigenvalue weighted by Crippen LogP contribution is -2.37. The Hall–Kier alpha value is -2.96. The molecule has 0 N–H and O–H groups in total. The number of hydrogen-bond donors (Lipinski definition) is 0. The highest BCUT2D eigenvalue weighted by Crippen LogP contribution is 2.16. The van der Waals surface area contributed by atoms with Crippen LogP contribution in [0.1, 0.15) is 16.8 Å². The van der Waals surface area contributed by atoms with Gasteiger partial charge in [-0.3, -0.25) is 14.7 Å². The summed E-state index contributed by atoms with van der Waals surface area (Å²) >= 11 is 0.